The van der Waals surface area contributed by atoms with Gasteiger partial charge in [-0.25, -0.2) is 4.79 Å². The Labute approximate surface area is 95.5 Å². The van der Waals surface area contributed by atoms with Gasteiger partial charge in [-0.2, -0.15) is 5.26 Å². The standard InChI is InChI=1S/C10H8INO2/c1-2-6-8(5-12)7(10(13)14)3-4-9(6)11/h3-4H,2H2,1H3,(H,13,14). The molecule has 1 N–H and O–H groups in total. The predicted molar refractivity (Wildman–Crippen MR) is 60.2 cm³/mol. The zero-order chi connectivity index (χ0) is 10.7. The molecule has 14 heavy (non-hydrogen) atoms. The van der Waals surface area contributed by atoms with E-state index in [4.69, 9.17) is 10.4 Å². The number of nitriles is 1. The van der Waals surface area contributed by atoms with Gasteiger partial charge in [-0.1, -0.05) is 6.92 Å². The highest BCUT2D eigenvalue weighted by atomic mass is 127. The van der Waals surface area contributed by atoms with Gasteiger partial charge >= 0.3 is 5.97 Å². The van der Waals surface area contributed by atoms with Gasteiger partial charge in [0.15, 0.2) is 0 Å². The summed E-state index contributed by atoms with van der Waals surface area (Å²) >= 11 is 2.11. The molecule has 72 valence electrons. The van der Waals surface area contributed by atoms with Crippen LogP contribution in [-0.2, 0) is 6.42 Å². The highest BCUT2D eigenvalue weighted by Crippen LogP contribution is 2.21. The van der Waals surface area contributed by atoms with Gasteiger partial charge in [0.05, 0.1) is 11.1 Å². The predicted octanol–water partition coefficient (Wildman–Crippen LogP) is 2.42. The summed E-state index contributed by atoms with van der Waals surface area (Å²) in [6, 6.07) is 5.15. The second kappa shape index (κ2) is 4.42. The second-order valence-electron chi connectivity index (χ2n) is 2.72. The molecule has 0 unspecified atom stereocenters. The normalized spacial score (nSPS) is 9.50. The van der Waals surface area contributed by atoms with E-state index in [0.29, 0.717) is 6.42 Å². The molecule has 0 bridgehead atoms. The summed E-state index contributed by atoms with van der Waals surface area (Å²) in [5.41, 5.74) is 1.18. The molecule has 0 aliphatic carbocycles. The monoisotopic (exact) mass is 301 g/mol. The third kappa shape index (κ3) is 1.87. The number of hydrogen-bond donors (Lipinski definition) is 1. The molecule has 0 saturated carbocycles. The van der Waals surface area contributed by atoms with E-state index in [1.807, 2.05) is 13.0 Å². The van der Waals surface area contributed by atoms with Gasteiger partial charge in [0.25, 0.3) is 0 Å². The molecule has 0 heterocycles. The van der Waals surface area contributed by atoms with Crippen LogP contribution in [0.15, 0.2) is 12.1 Å². The lowest BCUT2D eigenvalue weighted by atomic mass is 10.0. The van der Waals surface area contributed by atoms with Crippen molar-refractivity contribution in [2.45, 2.75) is 13.3 Å². The lowest BCUT2D eigenvalue weighted by molar-refractivity contribution is 0.0696. The Morgan fingerprint density at radius 2 is 2.29 bits per heavy atom. The number of halogens is 1. The zero-order valence-electron chi connectivity index (χ0n) is 7.54. The number of hydrogen-bond acceptors (Lipinski definition) is 2. The number of rotatable bonds is 2. The van der Waals surface area contributed by atoms with E-state index in [1.165, 1.54) is 6.07 Å². The fourth-order valence-electron chi connectivity index (χ4n) is 1.27. The van der Waals surface area contributed by atoms with Crippen molar-refractivity contribution in [3.8, 4) is 6.07 Å². The van der Waals surface area contributed by atoms with Gasteiger partial charge in [0.1, 0.15) is 6.07 Å². The van der Waals surface area contributed by atoms with Crippen LogP contribution >= 0.6 is 22.6 Å². The van der Waals surface area contributed by atoms with E-state index in [9.17, 15) is 4.79 Å². The largest absolute Gasteiger partial charge is 0.478 e. The minimum Gasteiger partial charge on any atom is -0.478 e. The first kappa shape index (κ1) is 11.0. The summed E-state index contributed by atoms with van der Waals surface area (Å²) < 4.78 is 0.937. The Morgan fingerprint density at radius 3 is 2.71 bits per heavy atom. The van der Waals surface area contributed by atoms with Gasteiger partial charge < -0.3 is 5.11 Å². The van der Waals surface area contributed by atoms with Crippen molar-refractivity contribution in [1.29, 1.82) is 5.26 Å². The van der Waals surface area contributed by atoms with Crippen LogP contribution in [0.2, 0.25) is 0 Å². The molecule has 0 atom stereocenters. The molecule has 0 radical (unpaired) electrons. The van der Waals surface area contributed by atoms with Gasteiger partial charge in [0, 0.05) is 3.57 Å². The van der Waals surface area contributed by atoms with Crippen LogP contribution in [0.1, 0.15) is 28.4 Å². The van der Waals surface area contributed by atoms with Crippen LogP contribution in [0.5, 0.6) is 0 Å². The number of aromatic carboxylic acids is 1. The smallest absolute Gasteiger partial charge is 0.337 e. The van der Waals surface area contributed by atoms with Crippen LogP contribution in [0.4, 0.5) is 0 Å². The fraction of sp³-hybridized carbons (Fsp3) is 0.200. The first-order valence-corrected chi connectivity index (χ1v) is 5.14. The van der Waals surface area contributed by atoms with Crippen molar-refractivity contribution in [3.05, 3.63) is 32.4 Å². The van der Waals surface area contributed by atoms with Crippen LogP contribution in [0.25, 0.3) is 0 Å². The molecule has 0 amide bonds. The van der Waals surface area contributed by atoms with Crippen LogP contribution < -0.4 is 0 Å². The summed E-state index contributed by atoms with van der Waals surface area (Å²) in [5.74, 6) is -1.05. The van der Waals surface area contributed by atoms with Gasteiger partial charge in [-0.15, -0.1) is 0 Å². The first-order valence-electron chi connectivity index (χ1n) is 4.06. The highest BCUT2D eigenvalue weighted by Gasteiger charge is 2.14. The van der Waals surface area contributed by atoms with Crippen molar-refractivity contribution in [1.82, 2.24) is 0 Å². The lowest BCUT2D eigenvalue weighted by Crippen LogP contribution is -2.04. The molecule has 1 rings (SSSR count). The quantitative estimate of drug-likeness (QED) is 0.853. The van der Waals surface area contributed by atoms with Crippen molar-refractivity contribution < 1.29 is 9.90 Å². The number of carbonyl (C=O) groups is 1. The molecule has 3 nitrogen and oxygen atoms in total. The molecule has 0 aliphatic rings. The Morgan fingerprint density at radius 1 is 1.64 bits per heavy atom. The average molecular weight is 301 g/mol. The molecule has 0 fully saturated rings. The molecule has 0 spiro atoms. The molecule has 4 heteroatoms. The maximum atomic E-state index is 10.8. The van der Waals surface area contributed by atoms with Crippen molar-refractivity contribution in [2.24, 2.45) is 0 Å². The van der Waals surface area contributed by atoms with Crippen molar-refractivity contribution in [3.63, 3.8) is 0 Å². The second-order valence-corrected chi connectivity index (χ2v) is 3.88. The Balaban J connectivity index is 3.50. The minimum absolute atomic E-state index is 0.0877. The van der Waals surface area contributed by atoms with Gasteiger partial charge in [-0.05, 0) is 46.7 Å². The van der Waals surface area contributed by atoms with E-state index in [1.54, 1.807) is 6.07 Å². The maximum absolute atomic E-state index is 10.8. The van der Waals surface area contributed by atoms with E-state index < -0.39 is 5.97 Å². The Bertz CT molecular complexity index is 421. The summed E-state index contributed by atoms with van der Waals surface area (Å²) in [6.45, 7) is 1.91. The third-order valence-electron chi connectivity index (χ3n) is 1.95. The van der Waals surface area contributed by atoms with Crippen molar-refractivity contribution >= 4 is 28.6 Å². The lowest BCUT2D eigenvalue weighted by Gasteiger charge is -2.06. The topological polar surface area (TPSA) is 61.1 Å². The van der Waals surface area contributed by atoms with E-state index in [-0.39, 0.29) is 11.1 Å². The molecular weight excluding hydrogens is 293 g/mol. The summed E-state index contributed by atoms with van der Waals surface area (Å²) in [5, 5.41) is 17.7. The average Bonchev–Trinajstić information content (AvgIpc) is 2.16. The molecule has 0 aromatic heterocycles. The summed E-state index contributed by atoms with van der Waals surface area (Å²) in [4.78, 5) is 10.8. The van der Waals surface area contributed by atoms with Crippen LogP contribution in [0, 0.1) is 14.9 Å². The van der Waals surface area contributed by atoms with E-state index in [2.05, 4.69) is 22.6 Å². The zero-order valence-corrected chi connectivity index (χ0v) is 9.70. The fourth-order valence-corrected chi connectivity index (χ4v) is 2.10. The molecule has 1 aromatic rings. The Kier molecular flexibility index (Phi) is 3.47. The SMILES string of the molecule is CCc1c(I)ccc(C(=O)O)c1C#N. The summed E-state index contributed by atoms with van der Waals surface area (Å²) in [7, 11) is 0. The number of carboxylic acid groups (broad SMARTS) is 1. The van der Waals surface area contributed by atoms with E-state index in [0.717, 1.165) is 9.13 Å². The van der Waals surface area contributed by atoms with Crippen molar-refractivity contribution in [2.75, 3.05) is 0 Å². The number of benzene rings is 1. The minimum atomic E-state index is -1.05. The van der Waals surface area contributed by atoms with Crippen LogP contribution in [-0.4, -0.2) is 11.1 Å². The third-order valence-corrected chi connectivity index (χ3v) is 2.96. The molecule has 0 aliphatic heterocycles. The number of carboxylic acids is 1. The maximum Gasteiger partial charge on any atom is 0.337 e. The van der Waals surface area contributed by atoms with Gasteiger partial charge in [-0.3, -0.25) is 0 Å². The molecule has 1 aromatic carbocycles. The molecular formula is C10H8INO2. The first-order chi connectivity index (χ1) is 6.61. The van der Waals surface area contributed by atoms with Gasteiger partial charge in [0.2, 0.25) is 0 Å². The summed E-state index contributed by atoms with van der Waals surface area (Å²) in [6.07, 6.45) is 0.669. The molecule has 0 saturated heterocycles. The highest BCUT2D eigenvalue weighted by molar-refractivity contribution is 14.1. The Hall–Kier alpha value is -1.09. The number of nitrogens with zero attached hydrogens (tertiary/aromatic N) is 1. The van der Waals surface area contributed by atoms with Crippen LogP contribution in [0.3, 0.4) is 0 Å². The van der Waals surface area contributed by atoms with E-state index >= 15 is 0 Å².